The molecular weight excluding hydrogens is 360 g/mol. The van der Waals surface area contributed by atoms with Gasteiger partial charge in [0.1, 0.15) is 0 Å². The highest BCUT2D eigenvalue weighted by Crippen LogP contribution is 2.16. The Balaban J connectivity index is 1.77. The molecule has 3 rings (SSSR count). The Morgan fingerprint density at radius 2 is 1.77 bits per heavy atom. The number of rotatable bonds is 6. The number of nitrogens with zero attached hydrogens (tertiary/aromatic N) is 5. The highest BCUT2D eigenvalue weighted by molar-refractivity contribution is 7.89. The average Bonchev–Trinajstić information content (AvgIpc) is 3.09. The van der Waals surface area contributed by atoms with Crippen molar-refractivity contribution < 1.29 is 13.3 Å². The number of nitro benzene ring substituents is 1. The van der Waals surface area contributed by atoms with Crippen molar-refractivity contribution in [1.82, 2.24) is 24.9 Å². The van der Waals surface area contributed by atoms with E-state index in [1.165, 1.54) is 16.8 Å². The molecule has 1 heterocycles. The zero-order valence-corrected chi connectivity index (χ0v) is 14.4. The van der Waals surface area contributed by atoms with Crippen LogP contribution in [0, 0.1) is 17.0 Å². The van der Waals surface area contributed by atoms with Crippen LogP contribution >= 0.6 is 0 Å². The lowest BCUT2D eigenvalue weighted by atomic mass is 10.2. The Bertz CT molecular complexity index is 1030. The van der Waals surface area contributed by atoms with Crippen LogP contribution in [0.4, 0.5) is 5.69 Å². The van der Waals surface area contributed by atoms with Crippen LogP contribution in [0.1, 0.15) is 11.4 Å². The zero-order valence-electron chi connectivity index (χ0n) is 13.6. The van der Waals surface area contributed by atoms with Crippen LogP contribution in [0.25, 0.3) is 5.69 Å². The molecule has 3 aromatic rings. The third-order valence-electron chi connectivity index (χ3n) is 3.59. The second-order valence-electron chi connectivity index (χ2n) is 5.42. The molecule has 10 nitrogen and oxygen atoms in total. The molecule has 0 fully saturated rings. The van der Waals surface area contributed by atoms with Gasteiger partial charge < -0.3 is 0 Å². The van der Waals surface area contributed by atoms with Gasteiger partial charge in [0.15, 0.2) is 5.82 Å². The molecule has 0 saturated heterocycles. The van der Waals surface area contributed by atoms with Gasteiger partial charge in [-0.05, 0) is 41.6 Å². The minimum absolute atomic E-state index is 0.0857. The van der Waals surface area contributed by atoms with Crippen LogP contribution in [-0.2, 0) is 16.6 Å². The maximum absolute atomic E-state index is 12.3. The number of non-ortho nitro benzene ring substituents is 1. The van der Waals surface area contributed by atoms with E-state index in [1.54, 1.807) is 0 Å². The molecule has 134 valence electrons. The van der Waals surface area contributed by atoms with Crippen molar-refractivity contribution in [3.8, 4) is 5.69 Å². The van der Waals surface area contributed by atoms with Gasteiger partial charge in [0, 0.05) is 12.1 Å². The minimum Gasteiger partial charge on any atom is -0.258 e. The summed E-state index contributed by atoms with van der Waals surface area (Å²) in [5.74, 6) is 0.305. The normalized spacial score (nSPS) is 11.4. The molecule has 0 aliphatic carbocycles. The third-order valence-corrected chi connectivity index (χ3v) is 5.01. The van der Waals surface area contributed by atoms with Gasteiger partial charge in [-0.1, -0.05) is 17.7 Å². The molecule has 0 saturated carbocycles. The monoisotopic (exact) mass is 374 g/mol. The van der Waals surface area contributed by atoms with Crippen molar-refractivity contribution >= 4 is 15.7 Å². The largest absolute Gasteiger partial charge is 0.269 e. The Kier molecular flexibility index (Phi) is 4.73. The second kappa shape index (κ2) is 6.98. The first-order chi connectivity index (χ1) is 12.4. The van der Waals surface area contributed by atoms with Crippen LogP contribution in [0.15, 0.2) is 53.4 Å². The first kappa shape index (κ1) is 17.6. The fourth-order valence-corrected chi connectivity index (χ4v) is 3.17. The van der Waals surface area contributed by atoms with E-state index in [4.69, 9.17) is 0 Å². The summed E-state index contributed by atoms with van der Waals surface area (Å²) >= 11 is 0. The molecular formula is C15H14N6O4S. The lowest BCUT2D eigenvalue weighted by Crippen LogP contribution is -2.25. The molecule has 1 aromatic heterocycles. The fraction of sp³-hybridized carbons (Fsp3) is 0.133. The molecule has 0 amide bonds. The van der Waals surface area contributed by atoms with Crippen molar-refractivity contribution in [2.75, 3.05) is 0 Å². The molecule has 11 heteroatoms. The summed E-state index contributed by atoms with van der Waals surface area (Å²) in [5.41, 5.74) is 1.58. The lowest BCUT2D eigenvalue weighted by molar-refractivity contribution is -0.384. The van der Waals surface area contributed by atoms with E-state index in [2.05, 4.69) is 20.2 Å². The molecule has 1 N–H and O–H groups in total. The number of tetrazole rings is 1. The number of nitrogens with one attached hydrogen (secondary N) is 1. The SMILES string of the molecule is Cc1ccc(-n2nnnc2CNS(=O)(=O)c2ccc([N+](=O)[O-])cc2)cc1. The molecule has 0 radical (unpaired) electrons. The fourth-order valence-electron chi connectivity index (χ4n) is 2.19. The Morgan fingerprint density at radius 3 is 2.38 bits per heavy atom. The van der Waals surface area contributed by atoms with Crippen molar-refractivity contribution in [2.24, 2.45) is 0 Å². The van der Waals surface area contributed by atoms with Crippen LogP contribution < -0.4 is 4.72 Å². The summed E-state index contributed by atoms with van der Waals surface area (Å²) in [6.07, 6.45) is 0. The number of hydrogen-bond donors (Lipinski definition) is 1. The average molecular weight is 374 g/mol. The van der Waals surface area contributed by atoms with Gasteiger partial charge in [0.2, 0.25) is 10.0 Å². The summed E-state index contributed by atoms with van der Waals surface area (Å²) in [6, 6.07) is 12.0. The number of hydrogen-bond acceptors (Lipinski definition) is 7. The van der Waals surface area contributed by atoms with Gasteiger partial charge in [-0.2, -0.15) is 4.68 Å². The zero-order chi connectivity index (χ0) is 18.7. The summed E-state index contributed by atoms with van der Waals surface area (Å²) in [7, 11) is -3.87. The first-order valence-electron chi connectivity index (χ1n) is 7.45. The molecule has 0 aliphatic rings. The maximum Gasteiger partial charge on any atom is 0.269 e. The standard InChI is InChI=1S/C15H14N6O4S/c1-11-2-4-12(5-3-11)20-15(17-18-19-20)10-16-26(24,25)14-8-6-13(7-9-14)21(22)23/h2-9,16H,10H2,1H3. The minimum atomic E-state index is -3.87. The summed E-state index contributed by atoms with van der Waals surface area (Å²) < 4.78 is 28.5. The summed E-state index contributed by atoms with van der Waals surface area (Å²) in [6.45, 7) is 1.81. The Hall–Kier alpha value is -3.18. The predicted octanol–water partition coefficient (Wildman–Crippen LogP) is 1.36. The van der Waals surface area contributed by atoms with E-state index >= 15 is 0 Å². The predicted molar refractivity (Wildman–Crippen MR) is 91.0 cm³/mol. The summed E-state index contributed by atoms with van der Waals surface area (Å²) in [4.78, 5) is 9.97. The van der Waals surface area contributed by atoms with Gasteiger partial charge in [0.25, 0.3) is 5.69 Å². The van der Waals surface area contributed by atoms with E-state index in [9.17, 15) is 18.5 Å². The Morgan fingerprint density at radius 1 is 1.12 bits per heavy atom. The molecule has 2 aromatic carbocycles. The third kappa shape index (κ3) is 3.73. The van der Waals surface area contributed by atoms with Crippen molar-refractivity contribution in [1.29, 1.82) is 0 Å². The van der Waals surface area contributed by atoms with Crippen LogP contribution in [0.3, 0.4) is 0 Å². The molecule has 0 bridgehead atoms. The van der Waals surface area contributed by atoms with Gasteiger partial charge in [0.05, 0.1) is 22.1 Å². The number of aryl methyl sites for hydroxylation is 1. The quantitative estimate of drug-likeness (QED) is 0.508. The van der Waals surface area contributed by atoms with Gasteiger partial charge >= 0.3 is 0 Å². The van der Waals surface area contributed by atoms with Crippen molar-refractivity contribution in [3.63, 3.8) is 0 Å². The topological polar surface area (TPSA) is 133 Å². The molecule has 0 spiro atoms. The second-order valence-corrected chi connectivity index (χ2v) is 7.18. The van der Waals surface area contributed by atoms with Gasteiger partial charge in [-0.25, -0.2) is 13.1 Å². The van der Waals surface area contributed by atoms with E-state index in [1.807, 2.05) is 31.2 Å². The van der Waals surface area contributed by atoms with E-state index < -0.39 is 14.9 Å². The smallest absolute Gasteiger partial charge is 0.258 e. The van der Waals surface area contributed by atoms with Crippen molar-refractivity contribution in [2.45, 2.75) is 18.4 Å². The highest BCUT2D eigenvalue weighted by Gasteiger charge is 2.18. The summed E-state index contributed by atoms with van der Waals surface area (Å²) in [5, 5.41) is 21.9. The molecule has 0 atom stereocenters. The van der Waals surface area contributed by atoms with E-state index in [0.717, 1.165) is 17.7 Å². The first-order valence-corrected chi connectivity index (χ1v) is 8.93. The number of sulfonamides is 1. The Labute approximate surface area is 148 Å². The maximum atomic E-state index is 12.3. The van der Waals surface area contributed by atoms with Crippen molar-refractivity contribution in [3.05, 3.63) is 70.0 Å². The molecule has 26 heavy (non-hydrogen) atoms. The van der Waals surface area contributed by atoms with Crippen LogP contribution in [-0.4, -0.2) is 33.5 Å². The highest BCUT2D eigenvalue weighted by atomic mass is 32.2. The van der Waals surface area contributed by atoms with Gasteiger partial charge in [-0.15, -0.1) is 5.10 Å². The molecule has 0 unspecified atom stereocenters. The van der Waals surface area contributed by atoms with Gasteiger partial charge in [-0.3, -0.25) is 10.1 Å². The molecule has 0 aliphatic heterocycles. The van der Waals surface area contributed by atoms with E-state index in [-0.39, 0.29) is 17.1 Å². The number of nitro groups is 1. The lowest BCUT2D eigenvalue weighted by Gasteiger charge is -2.07. The van der Waals surface area contributed by atoms with Crippen LogP contribution in [0.2, 0.25) is 0 Å². The number of benzene rings is 2. The van der Waals surface area contributed by atoms with Crippen LogP contribution in [0.5, 0.6) is 0 Å². The number of aromatic nitrogens is 4. The van der Waals surface area contributed by atoms with E-state index in [0.29, 0.717) is 11.5 Å².